The number of aliphatic imine (C=N–C) groups is 1. The van der Waals surface area contributed by atoms with Gasteiger partial charge in [0.1, 0.15) is 0 Å². The third-order valence-electron chi connectivity index (χ3n) is 3.04. The van der Waals surface area contributed by atoms with Crippen molar-refractivity contribution in [2.45, 2.75) is 19.9 Å². The molecule has 1 aliphatic rings. The first-order valence-corrected chi connectivity index (χ1v) is 6.62. The summed E-state index contributed by atoms with van der Waals surface area (Å²) in [5.41, 5.74) is 2.05. The van der Waals surface area contributed by atoms with E-state index in [9.17, 15) is 0 Å². The number of nitrogens with zero attached hydrogens (tertiary/aromatic N) is 3. The first kappa shape index (κ1) is 11.5. The molecule has 3 rings (SSSR count). The van der Waals surface area contributed by atoms with Gasteiger partial charge in [0.05, 0.1) is 17.6 Å². The van der Waals surface area contributed by atoms with Gasteiger partial charge in [-0.1, -0.05) is 18.5 Å². The molecule has 0 fully saturated rings. The standard InChI is InChI=1S/C13H15ClN4/c1-2-7-18-11-4-3-9(14)8-10(11)17-13(18)12-15-5-6-16-12/h3-4,8H,2,5-7H2,1H3,(H,15,16). The highest BCUT2D eigenvalue weighted by atomic mass is 35.5. The van der Waals surface area contributed by atoms with Crippen molar-refractivity contribution in [3.8, 4) is 0 Å². The van der Waals surface area contributed by atoms with E-state index in [0.29, 0.717) is 0 Å². The van der Waals surface area contributed by atoms with Crippen LogP contribution >= 0.6 is 11.6 Å². The molecule has 0 unspecified atom stereocenters. The Hall–Kier alpha value is -1.55. The second-order valence-corrected chi connectivity index (χ2v) is 4.81. The Morgan fingerprint density at radius 1 is 1.44 bits per heavy atom. The van der Waals surface area contributed by atoms with Gasteiger partial charge in [0.25, 0.3) is 0 Å². The van der Waals surface area contributed by atoms with Crippen molar-refractivity contribution in [2.75, 3.05) is 13.1 Å². The molecule has 0 saturated carbocycles. The number of hydrogen-bond donors (Lipinski definition) is 1. The summed E-state index contributed by atoms with van der Waals surface area (Å²) < 4.78 is 2.21. The molecule has 1 aromatic carbocycles. The summed E-state index contributed by atoms with van der Waals surface area (Å²) in [6, 6.07) is 5.84. The fourth-order valence-electron chi connectivity index (χ4n) is 2.28. The second-order valence-electron chi connectivity index (χ2n) is 4.38. The molecule has 1 N–H and O–H groups in total. The van der Waals surface area contributed by atoms with Crippen LogP contribution in [0, 0.1) is 0 Å². The molecule has 0 amide bonds. The third kappa shape index (κ3) is 1.86. The van der Waals surface area contributed by atoms with Gasteiger partial charge in [-0.2, -0.15) is 0 Å². The Labute approximate surface area is 111 Å². The van der Waals surface area contributed by atoms with E-state index in [4.69, 9.17) is 11.6 Å². The second kappa shape index (κ2) is 4.61. The minimum absolute atomic E-state index is 0.719. The molecule has 18 heavy (non-hydrogen) atoms. The van der Waals surface area contributed by atoms with Crippen LogP contribution in [-0.4, -0.2) is 28.5 Å². The lowest BCUT2D eigenvalue weighted by Gasteiger charge is -2.07. The van der Waals surface area contributed by atoms with Gasteiger partial charge in [-0.15, -0.1) is 0 Å². The minimum Gasteiger partial charge on any atom is -0.365 e. The van der Waals surface area contributed by atoms with Crippen LogP contribution < -0.4 is 5.32 Å². The van der Waals surface area contributed by atoms with E-state index >= 15 is 0 Å². The van der Waals surface area contributed by atoms with Crippen LogP contribution in [-0.2, 0) is 6.54 Å². The van der Waals surface area contributed by atoms with Gasteiger partial charge in [-0.05, 0) is 24.6 Å². The van der Waals surface area contributed by atoms with Crippen molar-refractivity contribution in [2.24, 2.45) is 4.99 Å². The zero-order chi connectivity index (χ0) is 12.5. The summed E-state index contributed by atoms with van der Waals surface area (Å²) >= 11 is 6.02. The van der Waals surface area contributed by atoms with Crippen LogP contribution in [0.1, 0.15) is 19.2 Å². The predicted molar refractivity (Wildman–Crippen MR) is 74.4 cm³/mol. The molecule has 2 aromatic rings. The average Bonchev–Trinajstić information content (AvgIpc) is 2.97. The van der Waals surface area contributed by atoms with Gasteiger partial charge in [0.15, 0.2) is 11.7 Å². The first-order valence-electron chi connectivity index (χ1n) is 6.24. The summed E-state index contributed by atoms with van der Waals surface area (Å²) in [5, 5.41) is 4.00. The maximum Gasteiger partial charge on any atom is 0.176 e. The Bertz CT molecular complexity index is 615. The van der Waals surface area contributed by atoms with E-state index < -0.39 is 0 Å². The number of fused-ring (bicyclic) bond motifs is 1. The number of aryl methyl sites for hydroxylation is 1. The maximum atomic E-state index is 6.02. The number of amidine groups is 1. The molecule has 1 aromatic heterocycles. The van der Waals surface area contributed by atoms with Crippen LogP contribution in [0.15, 0.2) is 23.2 Å². The molecular formula is C13H15ClN4. The number of hydrogen-bond acceptors (Lipinski definition) is 3. The fraction of sp³-hybridized carbons (Fsp3) is 0.385. The molecule has 1 aliphatic heterocycles. The minimum atomic E-state index is 0.719. The molecule has 5 heteroatoms. The zero-order valence-corrected chi connectivity index (χ0v) is 11.0. The molecule has 0 saturated heterocycles. The Morgan fingerprint density at radius 3 is 3.06 bits per heavy atom. The van der Waals surface area contributed by atoms with Crippen molar-refractivity contribution in [1.82, 2.24) is 14.9 Å². The topological polar surface area (TPSA) is 42.2 Å². The fourth-order valence-corrected chi connectivity index (χ4v) is 2.45. The zero-order valence-electron chi connectivity index (χ0n) is 10.3. The SMILES string of the molecule is CCCn1c(C2=NCCN2)nc2cc(Cl)ccc21. The van der Waals surface area contributed by atoms with Crippen LogP contribution in [0.3, 0.4) is 0 Å². The number of benzene rings is 1. The Kier molecular flexibility index (Phi) is 2.96. The van der Waals surface area contributed by atoms with Crippen molar-refractivity contribution in [1.29, 1.82) is 0 Å². The number of imidazole rings is 1. The first-order chi connectivity index (χ1) is 8.79. The van der Waals surface area contributed by atoms with Crippen LogP contribution in [0.2, 0.25) is 5.02 Å². The molecular weight excluding hydrogens is 248 g/mol. The smallest absolute Gasteiger partial charge is 0.176 e. The highest BCUT2D eigenvalue weighted by Gasteiger charge is 2.17. The normalized spacial score (nSPS) is 14.9. The Morgan fingerprint density at radius 2 is 2.33 bits per heavy atom. The average molecular weight is 263 g/mol. The molecule has 0 aliphatic carbocycles. The van der Waals surface area contributed by atoms with Crippen LogP contribution in [0.25, 0.3) is 11.0 Å². The van der Waals surface area contributed by atoms with Crippen molar-refractivity contribution in [3.05, 3.63) is 29.0 Å². The number of rotatable bonds is 3. The molecule has 0 atom stereocenters. The van der Waals surface area contributed by atoms with E-state index in [1.165, 1.54) is 0 Å². The largest absolute Gasteiger partial charge is 0.365 e. The molecule has 0 bridgehead atoms. The summed E-state index contributed by atoms with van der Waals surface area (Å²) in [4.78, 5) is 9.12. The monoisotopic (exact) mass is 262 g/mol. The van der Waals surface area contributed by atoms with Crippen molar-refractivity contribution in [3.63, 3.8) is 0 Å². The van der Waals surface area contributed by atoms with Gasteiger partial charge in [-0.3, -0.25) is 4.99 Å². The number of nitrogens with one attached hydrogen (secondary N) is 1. The lowest BCUT2D eigenvalue weighted by Crippen LogP contribution is -2.23. The molecule has 0 spiro atoms. The number of halogens is 1. The molecule has 0 radical (unpaired) electrons. The van der Waals surface area contributed by atoms with E-state index in [2.05, 4.69) is 26.8 Å². The lowest BCUT2D eigenvalue weighted by atomic mass is 10.3. The van der Waals surface area contributed by atoms with E-state index in [1.54, 1.807) is 0 Å². The van der Waals surface area contributed by atoms with E-state index in [0.717, 1.165) is 53.8 Å². The van der Waals surface area contributed by atoms with Gasteiger partial charge in [-0.25, -0.2) is 4.98 Å². The number of aromatic nitrogens is 2. The third-order valence-corrected chi connectivity index (χ3v) is 3.28. The van der Waals surface area contributed by atoms with Gasteiger partial charge < -0.3 is 9.88 Å². The molecule has 4 nitrogen and oxygen atoms in total. The molecule has 2 heterocycles. The van der Waals surface area contributed by atoms with Gasteiger partial charge >= 0.3 is 0 Å². The summed E-state index contributed by atoms with van der Waals surface area (Å²) in [5.74, 6) is 1.82. The summed E-state index contributed by atoms with van der Waals surface area (Å²) in [6.07, 6.45) is 1.06. The predicted octanol–water partition coefficient (Wildman–Crippen LogP) is 2.45. The highest BCUT2D eigenvalue weighted by molar-refractivity contribution is 6.31. The molecule has 94 valence electrons. The maximum absolute atomic E-state index is 6.02. The van der Waals surface area contributed by atoms with Gasteiger partial charge in [0, 0.05) is 18.1 Å². The highest BCUT2D eigenvalue weighted by Crippen LogP contribution is 2.21. The van der Waals surface area contributed by atoms with E-state index in [-0.39, 0.29) is 0 Å². The lowest BCUT2D eigenvalue weighted by molar-refractivity contribution is 0.689. The summed E-state index contributed by atoms with van der Waals surface area (Å²) in [7, 11) is 0. The van der Waals surface area contributed by atoms with Crippen LogP contribution in [0.5, 0.6) is 0 Å². The van der Waals surface area contributed by atoms with Crippen molar-refractivity contribution >= 4 is 28.5 Å². The van der Waals surface area contributed by atoms with Gasteiger partial charge in [0.2, 0.25) is 0 Å². The van der Waals surface area contributed by atoms with Crippen molar-refractivity contribution < 1.29 is 0 Å². The Balaban J connectivity index is 2.19. The summed E-state index contributed by atoms with van der Waals surface area (Å²) in [6.45, 7) is 4.82. The van der Waals surface area contributed by atoms with E-state index in [1.807, 2.05) is 18.2 Å². The van der Waals surface area contributed by atoms with Crippen LogP contribution in [0.4, 0.5) is 0 Å². The quantitative estimate of drug-likeness (QED) is 0.923.